The first-order valence-electron chi connectivity index (χ1n) is 15.2. The van der Waals surface area contributed by atoms with Crippen LogP contribution < -0.4 is 14.4 Å². The van der Waals surface area contributed by atoms with Gasteiger partial charge in [0.25, 0.3) is 10.0 Å². The number of aryl methyl sites for hydroxylation is 1. The van der Waals surface area contributed by atoms with Crippen LogP contribution in [0.2, 0.25) is 5.02 Å². The lowest BCUT2D eigenvalue weighted by molar-refractivity contribution is 0.313. The van der Waals surface area contributed by atoms with Gasteiger partial charge < -0.3 is 14.5 Å². The molecule has 0 spiro atoms. The van der Waals surface area contributed by atoms with E-state index in [1.165, 1.54) is 12.4 Å². The van der Waals surface area contributed by atoms with Crippen molar-refractivity contribution in [2.75, 3.05) is 42.8 Å². The van der Waals surface area contributed by atoms with Crippen LogP contribution in [0.4, 0.5) is 11.6 Å². The number of likely N-dealkylation sites (N-methyl/N-ethyl adjacent to an activating group) is 1. The Morgan fingerprint density at radius 2 is 1.67 bits per heavy atom. The average Bonchev–Trinajstić information content (AvgIpc) is 3.53. The second kappa shape index (κ2) is 13.5. The van der Waals surface area contributed by atoms with Gasteiger partial charge in [-0.25, -0.2) is 18.1 Å². The van der Waals surface area contributed by atoms with Gasteiger partial charge in [-0.2, -0.15) is 10.1 Å². The molecule has 238 valence electrons. The number of anilines is 2. The minimum Gasteiger partial charge on any atom is -0.437 e. The average molecular weight is 658 g/mol. The van der Waals surface area contributed by atoms with Crippen molar-refractivity contribution < 1.29 is 13.2 Å². The third-order valence-electron chi connectivity index (χ3n) is 8.05. The highest BCUT2D eigenvalue weighted by Crippen LogP contribution is 2.40. The molecule has 1 N–H and O–H groups in total. The highest BCUT2D eigenvalue weighted by atomic mass is 35.5. The van der Waals surface area contributed by atoms with Crippen LogP contribution in [0, 0.1) is 6.92 Å². The maximum Gasteiger partial charge on any atom is 0.267 e. The van der Waals surface area contributed by atoms with E-state index in [2.05, 4.69) is 31.7 Å². The number of sulfonamides is 1. The van der Waals surface area contributed by atoms with E-state index in [4.69, 9.17) is 21.3 Å². The second-order valence-electron chi connectivity index (χ2n) is 11.3. The Kier molecular flexibility index (Phi) is 9.25. The number of nitrogens with zero attached hydrogens (tertiary/aromatic N) is 6. The fourth-order valence-electron chi connectivity index (χ4n) is 5.47. The van der Waals surface area contributed by atoms with E-state index in [0.29, 0.717) is 29.4 Å². The third kappa shape index (κ3) is 6.86. The van der Waals surface area contributed by atoms with Crippen molar-refractivity contribution in [3.05, 3.63) is 107 Å². The zero-order chi connectivity index (χ0) is 32.3. The number of aromatic nitrogens is 4. The molecule has 3 heterocycles. The van der Waals surface area contributed by atoms with Crippen molar-refractivity contribution in [3.8, 4) is 22.9 Å². The summed E-state index contributed by atoms with van der Waals surface area (Å²) in [6, 6.07) is 23.2. The lowest BCUT2D eigenvalue weighted by atomic mass is 10.0. The molecule has 1 saturated heterocycles. The van der Waals surface area contributed by atoms with Crippen LogP contribution in [-0.2, 0) is 23.0 Å². The molecule has 0 aliphatic carbocycles. The lowest BCUT2D eigenvalue weighted by Crippen LogP contribution is -2.44. The van der Waals surface area contributed by atoms with Crippen LogP contribution in [-0.4, -0.2) is 66.3 Å². The molecule has 0 bridgehead atoms. The van der Waals surface area contributed by atoms with Gasteiger partial charge in [-0.05, 0) is 43.7 Å². The molecule has 6 rings (SSSR count). The molecule has 0 radical (unpaired) electrons. The van der Waals surface area contributed by atoms with Crippen molar-refractivity contribution in [2.45, 2.75) is 31.7 Å². The van der Waals surface area contributed by atoms with E-state index in [0.717, 1.165) is 54.1 Å². The predicted molar refractivity (Wildman–Crippen MR) is 181 cm³/mol. The van der Waals surface area contributed by atoms with Gasteiger partial charge in [0.1, 0.15) is 15.7 Å². The molecular weight excluding hydrogens is 622 g/mol. The molecule has 0 atom stereocenters. The highest BCUT2D eigenvalue weighted by molar-refractivity contribution is 7.92. The van der Waals surface area contributed by atoms with Gasteiger partial charge in [-0.1, -0.05) is 79.2 Å². The van der Waals surface area contributed by atoms with Gasteiger partial charge in [-0.3, -0.25) is 4.68 Å². The summed E-state index contributed by atoms with van der Waals surface area (Å²) in [6.45, 7) is 7.96. The SMILES string of the molecule is CCc1c(Oc2cccc(N3CCN(C)CC3)c2Cl)nc(NS(=O)(=O)c2cnn(Cc3ccccc3)c2)nc1-c1ccccc1C. The van der Waals surface area contributed by atoms with Crippen LogP contribution in [0.15, 0.2) is 90.1 Å². The number of nitrogens with one attached hydrogen (secondary N) is 1. The Hall–Kier alpha value is -4.45. The maximum absolute atomic E-state index is 13.6. The molecule has 5 aromatic rings. The first kappa shape index (κ1) is 31.5. The fourth-order valence-corrected chi connectivity index (χ4v) is 6.65. The molecule has 46 heavy (non-hydrogen) atoms. The van der Waals surface area contributed by atoms with E-state index in [-0.39, 0.29) is 16.7 Å². The third-order valence-corrected chi connectivity index (χ3v) is 9.71. The zero-order valence-electron chi connectivity index (χ0n) is 26.0. The van der Waals surface area contributed by atoms with Crippen molar-refractivity contribution in [2.24, 2.45) is 0 Å². The summed E-state index contributed by atoms with van der Waals surface area (Å²) in [5.74, 6) is 0.538. The first-order chi connectivity index (χ1) is 22.2. The minimum atomic E-state index is -4.09. The summed E-state index contributed by atoms with van der Waals surface area (Å²) in [5.41, 5.74) is 5.02. The van der Waals surface area contributed by atoms with Crippen LogP contribution in [0.5, 0.6) is 11.6 Å². The van der Waals surface area contributed by atoms with Crippen molar-refractivity contribution in [1.82, 2.24) is 24.6 Å². The number of hydrogen-bond donors (Lipinski definition) is 1. The van der Waals surface area contributed by atoms with Crippen LogP contribution in [0.1, 0.15) is 23.6 Å². The molecular formula is C34H36ClN7O3S. The van der Waals surface area contributed by atoms with E-state index < -0.39 is 10.0 Å². The van der Waals surface area contributed by atoms with E-state index in [9.17, 15) is 8.42 Å². The summed E-state index contributed by atoms with van der Waals surface area (Å²) >= 11 is 6.95. The summed E-state index contributed by atoms with van der Waals surface area (Å²) in [6.07, 6.45) is 3.34. The molecule has 0 saturated carbocycles. The number of halogens is 1. The van der Waals surface area contributed by atoms with Crippen LogP contribution in [0.25, 0.3) is 11.3 Å². The van der Waals surface area contributed by atoms with E-state index >= 15 is 0 Å². The summed E-state index contributed by atoms with van der Waals surface area (Å²) in [7, 11) is -1.98. The topological polar surface area (TPSA) is 105 Å². The van der Waals surface area contributed by atoms with Crippen LogP contribution in [0.3, 0.4) is 0 Å². The number of hydrogen-bond acceptors (Lipinski definition) is 8. The molecule has 1 fully saturated rings. The summed E-state index contributed by atoms with van der Waals surface area (Å²) < 4.78 is 37.8. The Morgan fingerprint density at radius 3 is 2.41 bits per heavy atom. The quantitative estimate of drug-likeness (QED) is 0.188. The molecule has 12 heteroatoms. The molecule has 0 amide bonds. The van der Waals surface area contributed by atoms with Crippen LogP contribution >= 0.6 is 11.6 Å². The van der Waals surface area contributed by atoms with Crippen molar-refractivity contribution in [1.29, 1.82) is 0 Å². The Labute approximate surface area is 274 Å². The molecule has 1 aliphatic heterocycles. The Balaban J connectivity index is 1.36. The fraction of sp³-hybridized carbons (Fsp3) is 0.265. The Bertz CT molecular complexity index is 1940. The summed E-state index contributed by atoms with van der Waals surface area (Å²) in [5, 5.41) is 4.74. The first-order valence-corrected chi connectivity index (χ1v) is 17.0. The van der Waals surface area contributed by atoms with Gasteiger partial charge in [0.2, 0.25) is 11.8 Å². The summed E-state index contributed by atoms with van der Waals surface area (Å²) in [4.78, 5) is 13.8. The highest BCUT2D eigenvalue weighted by Gasteiger charge is 2.25. The second-order valence-corrected chi connectivity index (χ2v) is 13.4. The zero-order valence-corrected chi connectivity index (χ0v) is 27.6. The number of piperazine rings is 1. The molecule has 0 unspecified atom stereocenters. The molecule has 1 aliphatic rings. The Morgan fingerprint density at radius 1 is 0.935 bits per heavy atom. The predicted octanol–water partition coefficient (Wildman–Crippen LogP) is 6.26. The molecule has 10 nitrogen and oxygen atoms in total. The molecule has 3 aromatic carbocycles. The number of rotatable bonds is 10. The maximum atomic E-state index is 13.6. The van der Waals surface area contributed by atoms with Gasteiger partial charge >= 0.3 is 0 Å². The van der Waals surface area contributed by atoms with Gasteiger partial charge in [0.15, 0.2) is 0 Å². The van der Waals surface area contributed by atoms with Gasteiger partial charge in [-0.15, -0.1) is 0 Å². The van der Waals surface area contributed by atoms with Crippen molar-refractivity contribution in [3.63, 3.8) is 0 Å². The smallest absolute Gasteiger partial charge is 0.267 e. The van der Waals surface area contributed by atoms with Crippen molar-refractivity contribution >= 4 is 33.3 Å². The van der Waals surface area contributed by atoms with E-state index in [1.807, 2.05) is 80.6 Å². The number of benzene rings is 3. The van der Waals surface area contributed by atoms with E-state index in [1.54, 1.807) is 10.7 Å². The minimum absolute atomic E-state index is 0.00516. The van der Waals surface area contributed by atoms with Gasteiger partial charge in [0, 0.05) is 43.5 Å². The lowest BCUT2D eigenvalue weighted by Gasteiger charge is -2.34. The monoisotopic (exact) mass is 657 g/mol. The normalized spacial score (nSPS) is 14.0. The van der Waals surface area contributed by atoms with Gasteiger partial charge in [0.05, 0.1) is 24.1 Å². The molecule has 2 aromatic heterocycles. The standard InChI is InChI=1S/C34H36ClN7O3S/c1-4-27-32(28-14-9-8-11-24(28)2)37-34(39-46(43,44)26-21-36-42(23-26)22-25-12-6-5-7-13-25)38-33(27)45-30-16-10-15-29(31(30)35)41-19-17-40(3)18-20-41/h5-16,21,23H,4,17-20,22H2,1-3H3,(H,37,38,39). The largest absolute Gasteiger partial charge is 0.437 e. The number of ether oxygens (including phenoxy) is 1.